The van der Waals surface area contributed by atoms with E-state index < -0.39 is 12.1 Å². The molecule has 5 rings (SSSR count). The smallest absolute Gasteiger partial charge is 0.475 e. The van der Waals surface area contributed by atoms with Crippen LogP contribution in [-0.4, -0.2) is 43.2 Å². The zero-order valence-electron chi connectivity index (χ0n) is 19.4. The second-order valence-electron chi connectivity index (χ2n) is 7.73. The molecule has 3 aromatic heterocycles. The molecule has 0 radical (unpaired) electrons. The predicted octanol–water partition coefficient (Wildman–Crippen LogP) is 5.96. The van der Waals surface area contributed by atoms with E-state index in [1.807, 2.05) is 66.7 Å². The van der Waals surface area contributed by atoms with Crippen molar-refractivity contribution in [2.75, 3.05) is 10.6 Å². The van der Waals surface area contributed by atoms with Gasteiger partial charge in [0.1, 0.15) is 0 Å². The van der Waals surface area contributed by atoms with Gasteiger partial charge in [-0.3, -0.25) is 4.98 Å². The van der Waals surface area contributed by atoms with Crippen molar-refractivity contribution in [1.82, 2.24) is 19.9 Å². The SMILES string of the molecule is O=C(Nc1ccc(-c2ccncc2)cc1)Nc1ccc(-c2ccnc3nc[nH]c23)cc1.O=C(O)C(F)(F)F. The molecule has 0 aliphatic heterocycles. The average molecular weight is 520 g/mol. The van der Waals surface area contributed by atoms with Crippen molar-refractivity contribution in [2.45, 2.75) is 6.18 Å². The summed E-state index contributed by atoms with van der Waals surface area (Å²) in [4.78, 5) is 36.8. The first-order valence-electron chi connectivity index (χ1n) is 11.0. The summed E-state index contributed by atoms with van der Waals surface area (Å²) in [5.74, 6) is -2.76. The van der Waals surface area contributed by atoms with Gasteiger partial charge in [0.2, 0.25) is 0 Å². The number of hydrogen-bond donors (Lipinski definition) is 4. The number of nitrogens with one attached hydrogen (secondary N) is 3. The van der Waals surface area contributed by atoms with Gasteiger partial charge in [-0.15, -0.1) is 0 Å². The molecule has 4 N–H and O–H groups in total. The number of alkyl halides is 3. The van der Waals surface area contributed by atoms with Gasteiger partial charge in [0, 0.05) is 35.5 Å². The maximum atomic E-state index is 12.4. The lowest BCUT2D eigenvalue weighted by Gasteiger charge is -2.09. The Kier molecular flexibility index (Phi) is 7.61. The Morgan fingerprint density at radius 2 is 1.26 bits per heavy atom. The van der Waals surface area contributed by atoms with Crippen LogP contribution >= 0.6 is 0 Å². The summed E-state index contributed by atoms with van der Waals surface area (Å²) in [6.45, 7) is 0. The number of carbonyl (C=O) groups is 2. The normalized spacial score (nSPS) is 10.8. The number of imidazole rings is 1. The summed E-state index contributed by atoms with van der Waals surface area (Å²) in [6.07, 6.45) is 1.79. The van der Waals surface area contributed by atoms with Crippen LogP contribution in [0.15, 0.2) is 91.6 Å². The van der Waals surface area contributed by atoms with Crippen molar-refractivity contribution in [3.05, 3.63) is 91.6 Å². The Morgan fingerprint density at radius 1 is 0.737 bits per heavy atom. The number of urea groups is 1. The molecule has 0 saturated carbocycles. The van der Waals surface area contributed by atoms with E-state index in [0.29, 0.717) is 17.0 Å². The number of anilines is 2. The van der Waals surface area contributed by atoms with Gasteiger partial charge in [-0.2, -0.15) is 13.2 Å². The zero-order valence-corrected chi connectivity index (χ0v) is 19.4. The number of carbonyl (C=O) groups excluding carboxylic acids is 1. The number of carboxylic acid groups (broad SMARTS) is 1. The minimum absolute atomic E-state index is 0.302. The summed E-state index contributed by atoms with van der Waals surface area (Å²) in [6, 6.07) is 20.8. The topological polar surface area (TPSA) is 133 Å². The summed E-state index contributed by atoms with van der Waals surface area (Å²) in [7, 11) is 0. The molecule has 2 amide bonds. The van der Waals surface area contributed by atoms with Crippen molar-refractivity contribution in [3.63, 3.8) is 0 Å². The number of halogens is 3. The summed E-state index contributed by atoms with van der Waals surface area (Å²) in [5.41, 5.74) is 7.13. The molecule has 0 bridgehead atoms. The highest BCUT2D eigenvalue weighted by molar-refractivity contribution is 6.00. The highest BCUT2D eigenvalue weighted by Gasteiger charge is 2.38. The van der Waals surface area contributed by atoms with E-state index in [2.05, 4.69) is 30.6 Å². The van der Waals surface area contributed by atoms with Crippen LogP contribution in [0.1, 0.15) is 0 Å². The molecule has 0 spiro atoms. The quantitative estimate of drug-likeness (QED) is 0.231. The number of rotatable bonds is 4. The number of carboxylic acids is 1. The van der Waals surface area contributed by atoms with E-state index in [-0.39, 0.29) is 6.03 Å². The molecule has 0 saturated heterocycles. The maximum absolute atomic E-state index is 12.4. The molecule has 5 aromatic rings. The highest BCUT2D eigenvalue weighted by Crippen LogP contribution is 2.26. The second kappa shape index (κ2) is 11.2. The molecular formula is C26H19F3N6O3. The molecule has 12 heteroatoms. The standard InChI is InChI=1S/C24H18N6O.C2HF3O2/c31-24(29-19-5-1-16(2-6-19)17-9-12-25-13-10-17)30-20-7-3-18(4-8-20)21-11-14-26-23-22(21)27-15-28-23;3-2(4,5)1(6)7/h1-15H,(H,26,27,28)(H2,29,30,31);(H,6,7). The molecule has 0 aliphatic carbocycles. The minimum atomic E-state index is -5.08. The number of benzene rings is 2. The van der Waals surface area contributed by atoms with E-state index in [4.69, 9.17) is 9.90 Å². The summed E-state index contributed by atoms with van der Waals surface area (Å²) >= 11 is 0. The number of H-pyrrole nitrogens is 1. The van der Waals surface area contributed by atoms with Gasteiger partial charge < -0.3 is 20.7 Å². The number of amides is 2. The van der Waals surface area contributed by atoms with Crippen LogP contribution in [0.2, 0.25) is 0 Å². The largest absolute Gasteiger partial charge is 0.490 e. The second-order valence-corrected chi connectivity index (χ2v) is 7.73. The van der Waals surface area contributed by atoms with Crippen LogP contribution in [0.5, 0.6) is 0 Å². The van der Waals surface area contributed by atoms with Gasteiger partial charge in [-0.1, -0.05) is 24.3 Å². The number of fused-ring (bicyclic) bond motifs is 1. The Bertz CT molecular complexity index is 1540. The van der Waals surface area contributed by atoms with Crippen LogP contribution in [0.3, 0.4) is 0 Å². The molecule has 0 unspecified atom stereocenters. The van der Waals surface area contributed by atoms with Crippen LogP contribution < -0.4 is 10.6 Å². The van der Waals surface area contributed by atoms with Crippen molar-refractivity contribution < 1.29 is 27.9 Å². The number of aliphatic carboxylic acids is 1. The lowest BCUT2D eigenvalue weighted by molar-refractivity contribution is -0.192. The number of aromatic nitrogens is 4. The van der Waals surface area contributed by atoms with Crippen molar-refractivity contribution in [3.8, 4) is 22.3 Å². The van der Waals surface area contributed by atoms with Crippen LogP contribution in [0.4, 0.5) is 29.3 Å². The first kappa shape index (κ1) is 25.8. The maximum Gasteiger partial charge on any atom is 0.490 e. The molecule has 38 heavy (non-hydrogen) atoms. The van der Waals surface area contributed by atoms with E-state index >= 15 is 0 Å². The predicted molar refractivity (Wildman–Crippen MR) is 135 cm³/mol. The van der Waals surface area contributed by atoms with Gasteiger partial charge in [-0.05, 0) is 59.2 Å². The van der Waals surface area contributed by atoms with Crippen molar-refractivity contribution >= 4 is 34.5 Å². The fourth-order valence-corrected chi connectivity index (χ4v) is 3.41. The van der Waals surface area contributed by atoms with Gasteiger partial charge in [-0.25, -0.2) is 19.6 Å². The van der Waals surface area contributed by atoms with E-state index in [1.165, 1.54) is 0 Å². The molecule has 3 heterocycles. The van der Waals surface area contributed by atoms with E-state index in [0.717, 1.165) is 27.8 Å². The van der Waals surface area contributed by atoms with Crippen LogP contribution in [0, 0.1) is 0 Å². The fraction of sp³-hybridized carbons (Fsp3) is 0.0385. The van der Waals surface area contributed by atoms with Gasteiger partial charge in [0.15, 0.2) is 5.65 Å². The molecule has 2 aromatic carbocycles. The Balaban J connectivity index is 0.000000426. The molecular weight excluding hydrogens is 501 g/mol. The zero-order chi connectivity index (χ0) is 27.1. The molecule has 0 fully saturated rings. The van der Waals surface area contributed by atoms with Crippen LogP contribution in [0.25, 0.3) is 33.4 Å². The average Bonchev–Trinajstić information content (AvgIpc) is 3.39. The highest BCUT2D eigenvalue weighted by atomic mass is 19.4. The van der Waals surface area contributed by atoms with Gasteiger partial charge >= 0.3 is 18.2 Å². The third kappa shape index (κ3) is 6.49. The van der Waals surface area contributed by atoms with Gasteiger partial charge in [0.25, 0.3) is 0 Å². The minimum Gasteiger partial charge on any atom is -0.475 e. The van der Waals surface area contributed by atoms with E-state index in [9.17, 15) is 18.0 Å². The summed E-state index contributed by atoms with van der Waals surface area (Å²) < 4.78 is 31.7. The lowest BCUT2D eigenvalue weighted by atomic mass is 10.1. The summed E-state index contributed by atoms with van der Waals surface area (Å²) in [5, 5.41) is 12.8. The fourth-order valence-electron chi connectivity index (χ4n) is 3.41. The van der Waals surface area contributed by atoms with Crippen molar-refractivity contribution in [1.29, 1.82) is 0 Å². The molecule has 192 valence electrons. The molecule has 0 atom stereocenters. The van der Waals surface area contributed by atoms with Crippen molar-refractivity contribution in [2.24, 2.45) is 0 Å². The number of hydrogen-bond acceptors (Lipinski definition) is 5. The van der Waals surface area contributed by atoms with E-state index in [1.54, 1.807) is 24.9 Å². The van der Waals surface area contributed by atoms with Crippen LogP contribution in [-0.2, 0) is 4.79 Å². The molecule has 9 nitrogen and oxygen atoms in total. The number of nitrogens with zero attached hydrogens (tertiary/aromatic N) is 3. The lowest BCUT2D eigenvalue weighted by Crippen LogP contribution is -2.21. The number of aromatic amines is 1. The number of pyridine rings is 2. The Morgan fingerprint density at radius 3 is 1.82 bits per heavy atom. The third-order valence-corrected chi connectivity index (χ3v) is 5.18. The Labute approximate surface area is 213 Å². The first-order chi connectivity index (χ1) is 18.2. The van der Waals surface area contributed by atoms with Gasteiger partial charge in [0.05, 0.1) is 11.8 Å². The monoisotopic (exact) mass is 520 g/mol. The Hall–Kier alpha value is -5.26. The third-order valence-electron chi connectivity index (χ3n) is 5.18. The first-order valence-corrected chi connectivity index (χ1v) is 11.0. The molecule has 0 aliphatic rings.